The lowest BCUT2D eigenvalue weighted by Gasteiger charge is -2.27. The van der Waals surface area contributed by atoms with E-state index in [4.69, 9.17) is 4.98 Å². The molecule has 0 atom stereocenters. The van der Waals surface area contributed by atoms with Crippen molar-refractivity contribution in [3.05, 3.63) is 66.0 Å². The summed E-state index contributed by atoms with van der Waals surface area (Å²) in [5.74, 6) is 1.82. The molecular weight excluding hydrogens is 274 g/mol. The first-order valence-corrected chi connectivity index (χ1v) is 7.49. The van der Waals surface area contributed by atoms with E-state index in [1.807, 2.05) is 42.7 Å². The van der Waals surface area contributed by atoms with E-state index in [-0.39, 0.29) is 0 Å². The van der Waals surface area contributed by atoms with Crippen LogP contribution in [0.3, 0.4) is 0 Å². The number of H-pyrrole nitrogens is 1. The van der Waals surface area contributed by atoms with Crippen LogP contribution in [0.25, 0.3) is 11.4 Å². The standard InChI is InChI=1S/C17H17N5/c1-2-4-13(5-3-1)17-20-10-14-11-22(9-6-15(14)21-17)12-16-18-7-8-19-16/h1-5,7-8,10H,6,9,11-12H2,(H,18,19). The Hall–Kier alpha value is -2.53. The summed E-state index contributed by atoms with van der Waals surface area (Å²) >= 11 is 0. The zero-order valence-corrected chi connectivity index (χ0v) is 12.2. The molecule has 5 heteroatoms. The average molecular weight is 291 g/mol. The molecule has 3 aromatic rings. The number of aromatic amines is 1. The summed E-state index contributed by atoms with van der Waals surface area (Å²) < 4.78 is 0. The van der Waals surface area contributed by atoms with E-state index in [2.05, 4.69) is 19.9 Å². The van der Waals surface area contributed by atoms with Crippen LogP contribution in [0, 0.1) is 0 Å². The second-order valence-corrected chi connectivity index (χ2v) is 5.53. The first kappa shape index (κ1) is 13.2. The molecule has 0 radical (unpaired) electrons. The third kappa shape index (κ3) is 2.63. The third-order valence-corrected chi connectivity index (χ3v) is 3.97. The van der Waals surface area contributed by atoms with Gasteiger partial charge in [0.15, 0.2) is 5.82 Å². The van der Waals surface area contributed by atoms with E-state index < -0.39 is 0 Å². The first-order chi connectivity index (χ1) is 10.9. The van der Waals surface area contributed by atoms with Gasteiger partial charge in [0.2, 0.25) is 0 Å². The number of imidazole rings is 1. The highest BCUT2D eigenvalue weighted by molar-refractivity contribution is 5.54. The fourth-order valence-corrected chi connectivity index (χ4v) is 2.83. The van der Waals surface area contributed by atoms with E-state index in [1.54, 1.807) is 6.20 Å². The highest BCUT2D eigenvalue weighted by atomic mass is 15.2. The Labute approximate surface area is 129 Å². The van der Waals surface area contributed by atoms with Gasteiger partial charge in [-0.1, -0.05) is 30.3 Å². The minimum Gasteiger partial charge on any atom is -0.348 e. The summed E-state index contributed by atoms with van der Waals surface area (Å²) in [4.78, 5) is 19.1. The maximum Gasteiger partial charge on any atom is 0.159 e. The number of nitrogens with zero attached hydrogens (tertiary/aromatic N) is 4. The SMILES string of the molecule is c1ccc(-c2ncc3c(n2)CCN(Cc2ncc[nH]2)C3)cc1. The molecule has 0 amide bonds. The Bertz CT molecular complexity index is 752. The zero-order chi connectivity index (χ0) is 14.8. The van der Waals surface area contributed by atoms with Crippen LogP contribution in [-0.4, -0.2) is 31.4 Å². The maximum absolute atomic E-state index is 4.75. The van der Waals surface area contributed by atoms with Crippen LogP contribution in [0.1, 0.15) is 17.1 Å². The molecule has 0 spiro atoms. The van der Waals surface area contributed by atoms with Gasteiger partial charge in [-0.15, -0.1) is 0 Å². The summed E-state index contributed by atoms with van der Waals surface area (Å²) in [5, 5.41) is 0. The molecule has 0 unspecified atom stereocenters. The molecule has 4 rings (SSSR count). The lowest BCUT2D eigenvalue weighted by molar-refractivity contribution is 0.237. The fraction of sp³-hybridized carbons (Fsp3) is 0.235. The Balaban J connectivity index is 1.54. The minimum atomic E-state index is 0.818. The summed E-state index contributed by atoms with van der Waals surface area (Å²) in [6.45, 7) is 2.72. The molecule has 1 aliphatic rings. The number of rotatable bonds is 3. The van der Waals surface area contributed by atoms with Crippen molar-refractivity contribution in [3.63, 3.8) is 0 Å². The van der Waals surface area contributed by atoms with Crippen LogP contribution in [0.4, 0.5) is 0 Å². The van der Waals surface area contributed by atoms with Crippen LogP contribution in [-0.2, 0) is 19.5 Å². The van der Waals surface area contributed by atoms with Crippen molar-refractivity contribution in [2.24, 2.45) is 0 Å². The van der Waals surface area contributed by atoms with E-state index >= 15 is 0 Å². The Kier molecular flexibility index (Phi) is 3.40. The molecule has 3 heterocycles. The quantitative estimate of drug-likeness (QED) is 0.805. The van der Waals surface area contributed by atoms with E-state index in [0.717, 1.165) is 43.3 Å². The van der Waals surface area contributed by atoms with Gasteiger partial charge in [0.1, 0.15) is 5.82 Å². The van der Waals surface area contributed by atoms with Gasteiger partial charge in [0.05, 0.1) is 12.2 Å². The van der Waals surface area contributed by atoms with Crippen LogP contribution < -0.4 is 0 Å². The fourth-order valence-electron chi connectivity index (χ4n) is 2.83. The second kappa shape index (κ2) is 5.69. The molecule has 0 saturated carbocycles. The number of hydrogen-bond acceptors (Lipinski definition) is 4. The highest BCUT2D eigenvalue weighted by Crippen LogP contribution is 2.21. The van der Waals surface area contributed by atoms with E-state index in [0.29, 0.717) is 0 Å². The van der Waals surface area contributed by atoms with Crippen LogP contribution in [0.2, 0.25) is 0 Å². The van der Waals surface area contributed by atoms with Crippen molar-refractivity contribution in [2.45, 2.75) is 19.5 Å². The van der Waals surface area contributed by atoms with Crippen molar-refractivity contribution < 1.29 is 0 Å². The van der Waals surface area contributed by atoms with Crippen LogP contribution in [0.15, 0.2) is 48.9 Å². The first-order valence-electron chi connectivity index (χ1n) is 7.49. The maximum atomic E-state index is 4.75. The predicted molar refractivity (Wildman–Crippen MR) is 83.9 cm³/mol. The number of nitrogens with one attached hydrogen (secondary N) is 1. The average Bonchev–Trinajstić information content (AvgIpc) is 3.08. The molecule has 0 bridgehead atoms. The third-order valence-electron chi connectivity index (χ3n) is 3.97. The van der Waals surface area contributed by atoms with Crippen molar-refractivity contribution in [3.8, 4) is 11.4 Å². The molecule has 5 nitrogen and oxygen atoms in total. The van der Waals surface area contributed by atoms with Gasteiger partial charge in [-0.25, -0.2) is 15.0 Å². The van der Waals surface area contributed by atoms with Crippen molar-refractivity contribution in [2.75, 3.05) is 6.54 Å². The predicted octanol–water partition coefficient (Wildman–Crippen LogP) is 2.43. The summed E-state index contributed by atoms with van der Waals surface area (Å²) in [7, 11) is 0. The van der Waals surface area contributed by atoms with Crippen LogP contribution in [0.5, 0.6) is 0 Å². The van der Waals surface area contributed by atoms with Crippen LogP contribution >= 0.6 is 0 Å². The lowest BCUT2D eigenvalue weighted by atomic mass is 10.1. The van der Waals surface area contributed by atoms with Crippen molar-refractivity contribution in [1.29, 1.82) is 0 Å². The van der Waals surface area contributed by atoms with Gasteiger partial charge in [-0.05, 0) is 0 Å². The van der Waals surface area contributed by atoms with Gasteiger partial charge in [-0.3, -0.25) is 4.90 Å². The number of fused-ring (bicyclic) bond motifs is 1. The summed E-state index contributed by atoms with van der Waals surface area (Å²) in [6, 6.07) is 10.1. The molecule has 1 aliphatic heterocycles. The monoisotopic (exact) mass is 291 g/mol. The van der Waals surface area contributed by atoms with Crippen molar-refractivity contribution in [1.82, 2.24) is 24.8 Å². The number of hydrogen-bond donors (Lipinski definition) is 1. The molecule has 2 aromatic heterocycles. The molecule has 22 heavy (non-hydrogen) atoms. The van der Waals surface area contributed by atoms with Crippen molar-refractivity contribution >= 4 is 0 Å². The summed E-state index contributed by atoms with van der Waals surface area (Å²) in [6.07, 6.45) is 6.59. The minimum absolute atomic E-state index is 0.818. The highest BCUT2D eigenvalue weighted by Gasteiger charge is 2.19. The van der Waals surface area contributed by atoms with Gasteiger partial charge in [0, 0.05) is 49.2 Å². The Morgan fingerprint density at radius 2 is 2.05 bits per heavy atom. The van der Waals surface area contributed by atoms with E-state index in [9.17, 15) is 0 Å². The van der Waals surface area contributed by atoms with E-state index in [1.165, 1.54) is 11.3 Å². The number of benzene rings is 1. The smallest absolute Gasteiger partial charge is 0.159 e. The zero-order valence-electron chi connectivity index (χ0n) is 12.2. The number of aromatic nitrogens is 4. The van der Waals surface area contributed by atoms with Gasteiger partial charge in [0.25, 0.3) is 0 Å². The Morgan fingerprint density at radius 3 is 2.86 bits per heavy atom. The molecule has 0 saturated heterocycles. The molecule has 0 fully saturated rings. The van der Waals surface area contributed by atoms with Gasteiger partial charge >= 0.3 is 0 Å². The molecule has 0 aliphatic carbocycles. The largest absolute Gasteiger partial charge is 0.348 e. The van der Waals surface area contributed by atoms with Gasteiger partial charge < -0.3 is 4.98 Å². The topological polar surface area (TPSA) is 57.7 Å². The lowest BCUT2D eigenvalue weighted by Crippen LogP contribution is -2.31. The molecular formula is C17H17N5. The normalized spacial score (nSPS) is 14.7. The molecule has 1 N–H and O–H groups in total. The van der Waals surface area contributed by atoms with Gasteiger partial charge in [-0.2, -0.15) is 0 Å². The second-order valence-electron chi connectivity index (χ2n) is 5.53. The summed E-state index contributed by atoms with van der Waals surface area (Å²) in [5.41, 5.74) is 3.46. The Morgan fingerprint density at radius 1 is 1.14 bits per heavy atom. The molecule has 110 valence electrons. The molecule has 1 aromatic carbocycles.